The molecule has 19 heavy (non-hydrogen) atoms. The Hall–Kier alpha value is -1.95. The average molecular weight is 264 g/mol. The van der Waals surface area contributed by atoms with E-state index < -0.39 is 5.97 Å². The van der Waals surface area contributed by atoms with Gasteiger partial charge in [-0.25, -0.2) is 9.78 Å². The maximum Gasteiger partial charge on any atom is 0.354 e. The predicted octanol–water partition coefficient (Wildman–Crippen LogP) is 1.03. The number of nitrogens with zero attached hydrogens (tertiary/aromatic N) is 2. The minimum Gasteiger partial charge on any atom is -0.477 e. The molecule has 6 nitrogen and oxygen atoms in total. The number of piperidine rings is 1. The second-order valence-corrected chi connectivity index (χ2v) is 4.49. The van der Waals surface area contributed by atoms with Crippen LogP contribution in [0.5, 0.6) is 0 Å². The number of likely N-dealkylation sites (tertiary alicyclic amines) is 1. The number of methoxy groups -OCH3 is 1. The number of hydrogen-bond donors (Lipinski definition) is 1. The molecule has 1 unspecified atom stereocenters. The van der Waals surface area contributed by atoms with Gasteiger partial charge in [0.1, 0.15) is 5.69 Å². The molecule has 1 aliphatic rings. The van der Waals surface area contributed by atoms with Crippen molar-refractivity contribution in [1.82, 2.24) is 9.88 Å². The summed E-state index contributed by atoms with van der Waals surface area (Å²) < 4.78 is 5.27. The van der Waals surface area contributed by atoms with Crippen molar-refractivity contribution in [2.24, 2.45) is 0 Å². The van der Waals surface area contributed by atoms with Crippen molar-refractivity contribution in [3.05, 3.63) is 29.6 Å². The molecular weight excluding hydrogens is 248 g/mol. The molecule has 102 valence electrons. The standard InChI is InChI=1S/C13H16N2O4/c1-19-10-3-2-6-15(8-10)12(16)9-4-5-11(13(17)18)14-7-9/h4-5,7,10H,2-3,6,8H2,1H3,(H,17,18). The van der Waals surface area contributed by atoms with E-state index in [0.717, 1.165) is 12.8 Å². The van der Waals surface area contributed by atoms with Crippen molar-refractivity contribution in [3.63, 3.8) is 0 Å². The number of carbonyl (C=O) groups excluding carboxylic acids is 1. The first-order chi connectivity index (χ1) is 9.11. The summed E-state index contributed by atoms with van der Waals surface area (Å²) in [5, 5.41) is 8.76. The van der Waals surface area contributed by atoms with Crippen molar-refractivity contribution >= 4 is 11.9 Å². The van der Waals surface area contributed by atoms with Crippen LogP contribution in [0.3, 0.4) is 0 Å². The predicted molar refractivity (Wildman–Crippen MR) is 67.1 cm³/mol. The fraction of sp³-hybridized carbons (Fsp3) is 0.462. The molecule has 1 aliphatic heterocycles. The zero-order chi connectivity index (χ0) is 13.8. The number of rotatable bonds is 3. The monoisotopic (exact) mass is 264 g/mol. The summed E-state index contributed by atoms with van der Waals surface area (Å²) in [7, 11) is 1.64. The van der Waals surface area contributed by atoms with E-state index in [1.807, 2.05) is 0 Å². The van der Waals surface area contributed by atoms with Gasteiger partial charge in [-0.15, -0.1) is 0 Å². The van der Waals surface area contributed by atoms with Crippen molar-refractivity contribution in [3.8, 4) is 0 Å². The zero-order valence-corrected chi connectivity index (χ0v) is 10.7. The van der Waals surface area contributed by atoms with Gasteiger partial charge in [0.05, 0.1) is 11.7 Å². The van der Waals surface area contributed by atoms with Gasteiger partial charge in [-0.3, -0.25) is 4.79 Å². The molecule has 0 radical (unpaired) electrons. The molecule has 1 saturated heterocycles. The minimum absolute atomic E-state index is 0.0648. The number of amides is 1. The Morgan fingerprint density at radius 1 is 1.47 bits per heavy atom. The van der Waals surface area contributed by atoms with Crippen LogP contribution >= 0.6 is 0 Å². The molecule has 0 bridgehead atoms. The van der Waals surface area contributed by atoms with Gasteiger partial charge in [-0.05, 0) is 25.0 Å². The third-order valence-electron chi connectivity index (χ3n) is 3.23. The van der Waals surface area contributed by atoms with Gasteiger partial charge in [-0.2, -0.15) is 0 Å². The lowest BCUT2D eigenvalue weighted by Crippen LogP contribution is -2.42. The molecule has 2 rings (SSSR count). The van der Waals surface area contributed by atoms with E-state index in [2.05, 4.69) is 4.98 Å². The largest absolute Gasteiger partial charge is 0.477 e. The van der Waals surface area contributed by atoms with Gasteiger partial charge in [0, 0.05) is 26.4 Å². The Morgan fingerprint density at radius 2 is 2.26 bits per heavy atom. The first kappa shape index (κ1) is 13.5. The second kappa shape index (κ2) is 5.79. The molecule has 0 aliphatic carbocycles. The summed E-state index contributed by atoms with van der Waals surface area (Å²) in [6.07, 6.45) is 3.24. The lowest BCUT2D eigenvalue weighted by atomic mass is 10.1. The van der Waals surface area contributed by atoms with Crippen LogP contribution in [0.4, 0.5) is 0 Å². The van der Waals surface area contributed by atoms with Crippen LogP contribution in [0.2, 0.25) is 0 Å². The Kier molecular flexibility index (Phi) is 4.11. The van der Waals surface area contributed by atoms with Crippen molar-refractivity contribution in [2.45, 2.75) is 18.9 Å². The Bertz CT molecular complexity index is 472. The first-order valence-corrected chi connectivity index (χ1v) is 6.13. The molecular formula is C13H16N2O4. The lowest BCUT2D eigenvalue weighted by molar-refractivity contribution is 0.0268. The topological polar surface area (TPSA) is 79.7 Å². The molecule has 0 aromatic carbocycles. The quantitative estimate of drug-likeness (QED) is 0.882. The highest BCUT2D eigenvalue weighted by molar-refractivity contribution is 5.95. The maximum atomic E-state index is 12.2. The third-order valence-corrected chi connectivity index (χ3v) is 3.23. The van der Waals surface area contributed by atoms with E-state index in [1.165, 1.54) is 18.3 Å². The molecule has 1 aromatic heterocycles. The summed E-state index contributed by atoms with van der Waals surface area (Å²) in [6, 6.07) is 2.84. The highest BCUT2D eigenvalue weighted by atomic mass is 16.5. The number of hydrogen-bond acceptors (Lipinski definition) is 4. The van der Waals surface area contributed by atoms with Crippen molar-refractivity contribution in [2.75, 3.05) is 20.2 Å². The summed E-state index contributed by atoms with van der Waals surface area (Å²) >= 11 is 0. The third kappa shape index (κ3) is 3.08. The number of ether oxygens (including phenoxy) is 1. The summed E-state index contributed by atoms with van der Waals surface area (Å²) in [6.45, 7) is 1.26. The number of aromatic nitrogens is 1. The fourth-order valence-corrected chi connectivity index (χ4v) is 2.14. The SMILES string of the molecule is COC1CCCN(C(=O)c2ccc(C(=O)O)nc2)C1. The number of aromatic carboxylic acids is 1. The molecule has 1 atom stereocenters. The smallest absolute Gasteiger partial charge is 0.354 e. The number of carboxylic acid groups (broad SMARTS) is 1. The molecule has 6 heteroatoms. The molecule has 1 amide bonds. The molecule has 1 N–H and O–H groups in total. The number of carbonyl (C=O) groups is 2. The summed E-state index contributed by atoms with van der Waals surface area (Å²) in [4.78, 5) is 28.4. The second-order valence-electron chi connectivity index (χ2n) is 4.49. The van der Waals surface area contributed by atoms with Crippen LogP contribution in [0, 0.1) is 0 Å². The Morgan fingerprint density at radius 3 is 2.84 bits per heavy atom. The molecule has 0 saturated carbocycles. The van der Waals surface area contributed by atoms with Gasteiger partial charge in [-0.1, -0.05) is 0 Å². The minimum atomic E-state index is -1.10. The van der Waals surface area contributed by atoms with Crippen LogP contribution in [0.25, 0.3) is 0 Å². The van der Waals surface area contributed by atoms with Crippen molar-refractivity contribution in [1.29, 1.82) is 0 Å². The molecule has 1 fully saturated rings. The summed E-state index contributed by atoms with van der Waals surface area (Å²) in [5.41, 5.74) is 0.340. The van der Waals surface area contributed by atoms with Gasteiger partial charge in [0.25, 0.3) is 5.91 Å². The molecule has 1 aromatic rings. The van der Waals surface area contributed by atoms with Gasteiger partial charge >= 0.3 is 5.97 Å². The maximum absolute atomic E-state index is 12.2. The van der Waals surface area contributed by atoms with Crippen LogP contribution in [0.1, 0.15) is 33.7 Å². The van der Waals surface area contributed by atoms with Crippen LogP contribution in [0.15, 0.2) is 18.3 Å². The normalized spacial score (nSPS) is 19.2. The highest BCUT2D eigenvalue weighted by Gasteiger charge is 2.24. The summed E-state index contributed by atoms with van der Waals surface area (Å²) in [5.74, 6) is -1.23. The van der Waals surface area contributed by atoms with Crippen LogP contribution < -0.4 is 0 Å². The van der Waals surface area contributed by atoms with Gasteiger partial charge < -0.3 is 14.7 Å². The number of pyridine rings is 1. The Labute approximate surface area is 111 Å². The van der Waals surface area contributed by atoms with Crippen LogP contribution in [-0.2, 0) is 4.74 Å². The van der Waals surface area contributed by atoms with E-state index in [0.29, 0.717) is 18.7 Å². The van der Waals surface area contributed by atoms with E-state index in [4.69, 9.17) is 9.84 Å². The van der Waals surface area contributed by atoms with E-state index in [-0.39, 0.29) is 17.7 Å². The Balaban J connectivity index is 2.08. The van der Waals surface area contributed by atoms with E-state index in [9.17, 15) is 9.59 Å². The van der Waals surface area contributed by atoms with E-state index >= 15 is 0 Å². The fourth-order valence-electron chi connectivity index (χ4n) is 2.14. The first-order valence-electron chi connectivity index (χ1n) is 6.13. The van der Waals surface area contributed by atoms with Gasteiger partial charge in [0.15, 0.2) is 0 Å². The lowest BCUT2D eigenvalue weighted by Gasteiger charge is -2.31. The number of carboxylic acids is 1. The van der Waals surface area contributed by atoms with E-state index in [1.54, 1.807) is 12.0 Å². The zero-order valence-electron chi connectivity index (χ0n) is 10.7. The molecule has 2 heterocycles. The average Bonchev–Trinajstić information content (AvgIpc) is 2.46. The van der Waals surface area contributed by atoms with Gasteiger partial charge in [0.2, 0.25) is 0 Å². The highest BCUT2D eigenvalue weighted by Crippen LogP contribution is 2.15. The van der Waals surface area contributed by atoms with Crippen LogP contribution in [-0.4, -0.2) is 53.2 Å². The van der Waals surface area contributed by atoms with Crippen molar-refractivity contribution < 1.29 is 19.4 Å². The molecule has 0 spiro atoms.